The number of aryl methyl sites for hydroxylation is 2. The summed E-state index contributed by atoms with van der Waals surface area (Å²) >= 11 is 1.33. The smallest absolute Gasteiger partial charge is 0.340 e. The van der Waals surface area contributed by atoms with E-state index in [9.17, 15) is 9.59 Å². The lowest BCUT2D eigenvalue weighted by Crippen LogP contribution is -2.16. The summed E-state index contributed by atoms with van der Waals surface area (Å²) in [6, 6.07) is 0. The molecule has 2 heterocycles. The van der Waals surface area contributed by atoms with E-state index in [1.54, 1.807) is 38.6 Å². The van der Waals surface area contributed by atoms with Gasteiger partial charge >= 0.3 is 5.97 Å². The highest BCUT2D eigenvalue weighted by atomic mass is 32.2. The van der Waals surface area contributed by atoms with Crippen LogP contribution < -0.4 is 0 Å². The third-order valence-electron chi connectivity index (χ3n) is 3.48. The first-order valence-corrected chi connectivity index (χ1v) is 8.15. The van der Waals surface area contributed by atoms with Gasteiger partial charge in [-0.05, 0) is 33.3 Å². The zero-order chi connectivity index (χ0) is 17.1. The largest absolute Gasteiger partial charge is 0.462 e. The molecular formula is C15H20N4O3S. The number of esters is 1. The van der Waals surface area contributed by atoms with Crippen LogP contribution >= 0.6 is 11.8 Å². The van der Waals surface area contributed by atoms with Gasteiger partial charge in [-0.25, -0.2) is 4.79 Å². The maximum Gasteiger partial charge on any atom is 0.340 e. The third kappa shape index (κ3) is 3.47. The van der Waals surface area contributed by atoms with Gasteiger partial charge in [-0.1, -0.05) is 11.8 Å². The number of rotatable bonds is 6. The molecule has 0 saturated heterocycles. The van der Waals surface area contributed by atoms with Crippen LogP contribution in [0.25, 0.3) is 0 Å². The number of nitrogens with one attached hydrogen (secondary N) is 1. The normalized spacial score (nSPS) is 12.2. The van der Waals surface area contributed by atoms with Crippen molar-refractivity contribution in [3.8, 4) is 0 Å². The minimum absolute atomic E-state index is 0.0888. The first kappa shape index (κ1) is 17.3. The topological polar surface area (TPSA) is 89.9 Å². The quantitative estimate of drug-likeness (QED) is 0.494. The first-order chi connectivity index (χ1) is 10.9. The van der Waals surface area contributed by atoms with Crippen molar-refractivity contribution in [1.82, 2.24) is 19.7 Å². The fourth-order valence-electron chi connectivity index (χ4n) is 2.30. The number of aromatic amines is 1. The molecule has 0 amide bonds. The van der Waals surface area contributed by atoms with Gasteiger partial charge in [0.1, 0.15) is 6.33 Å². The summed E-state index contributed by atoms with van der Waals surface area (Å²) in [5.74, 6) is -0.499. The predicted molar refractivity (Wildman–Crippen MR) is 86.9 cm³/mol. The third-order valence-corrected chi connectivity index (χ3v) is 4.63. The number of Topliss-reactive ketones (excluding diaryl/α,β-unsaturated/α-hetero) is 1. The predicted octanol–water partition coefficient (Wildman–Crippen LogP) is 2.30. The van der Waals surface area contributed by atoms with Crippen LogP contribution in [0.1, 0.15) is 46.0 Å². The lowest BCUT2D eigenvalue weighted by molar-refractivity contribution is 0.0525. The minimum Gasteiger partial charge on any atom is -0.462 e. The lowest BCUT2D eigenvalue weighted by atomic mass is 10.1. The van der Waals surface area contributed by atoms with Crippen LogP contribution in [0.2, 0.25) is 0 Å². The Hall–Kier alpha value is -2.09. The van der Waals surface area contributed by atoms with Crippen LogP contribution in [0, 0.1) is 13.8 Å². The Morgan fingerprint density at radius 1 is 1.43 bits per heavy atom. The number of nitrogens with zero attached hydrogens (tertiary/aromatic N) is 3. The summed E-state index contributed by atoms with van der Waals surface area (Å²) in [6.07, 6.45) is 1.59. The summed E-state index contributed by atoms with van der Waals surface area (Å²) < 4.78 is 6.80. The number of ketones is 1. The molecule has 0 bridgehead atoms. The number of H-pyrrole nitrogens is 1. The molecule has 2 rings (SSSR count). The summed E-state index contributed by atoms with van der Waals surface area (Å²) in [5, 5.41) is 8.07. The van der Waals surface area contributed by atoms with E-state index in [1.807, 2.05) is 7.05 Å². The number of aromatic nitrogens is 4. The minimum atomic E-state index is -0.411. The summed E-state index contributed by atoms with van der Waals surface area (Å²) in [5.41, 5.74) is 2.13. The van der Waals surface area contributed by atoms with Crippen molar-refractivity contribution in [3.05, 3.63) is 28.8 Å². The molecule has 0 aliphatic rings. The molecule has 0 radical (unpaired) electrons. The number of ether oxygens (including phenoxy) is 1. The molecule has 0 unspecified atom stereocenters. The van der Waals surface area contributed by atoms with E-state index in [2.05, 4.69) is 15.2 Å². The molecular weight excluding hydrogens is 316 g/mol. The van der Waals surface area contributed by atoms with Crippen molar-refractivity contribution < 1.29 is 14.3 Å². The fourth-order valence-corrected chi connectivity index (χ4v) is 3.15. The zero-order valence-corrected chi connectivity index (χ0v) is 14.7. The average molecular weight is 336 g/mol. The Kier molecular flexibility index (Phi) is 5.25. The number of hydrogen-bond acceptors (Lipinski definition) is 6. The lowest BCUT2D eigenvalue weighted by Gasteiger charge is -2.09. The van der Waals surface area contributed by atoms with Gasteiger partial charge in [0, 0.05) is 12.7 Å². The van der Waals surface area contributed by atoms with Crippen LogP contribution in [0.3, 0.4) is 0 Å². The monoisotopic (exact) mass is 336 g/mol. The Balaban J connectivity index is 2.24. The SMILES string of the molecule is CCOC(=O)c1c(C)[nH]c(C(=O)[C@H](C)Sc2nncn2C)c1C. The van der Waals surface area contributed by atoms with E-state index >= 15 is 0 Å². The first-order valence-electron chi connectivity index (χ1n) is 7.27. The van der Waals surface area contributed by atoms with Gasteiger partial charge in [-0.2, -0.15) is 0 Å². The zero-order valence-electron chi connectivity index (χ0n) is 13.8. The van der Waals surface area contributed by atoms with Gasteiger partial charge in [0.25, 0.3) is 0 Å². The summed E-state index contributed by atoms with van der Waals surface area (Å²) in [6.45, 7) is 7.37. The second kappa shape index (κ2) is 6.99. The van der Waals surface area contributed by atoms with Crippen molar-refractivity contribution in [2.45, 2.75) is 38.1 Å². The van der Waals surface area contributed by atoms with Crippen LogP contribution in [0.5, 0.6) is 0 Å². The molecule has 1 atom stereocenters. The van der Waals surface area contributed by atoms with E-state index in [4.69, 9.17) is 4.74 Å². The van der Waals surface area contributed by atoms with Gasteiger partial charge in [-0.15, -0.1) is 10.2 Å². The maximum atomic E-state index is 12.7. The second-order valence-electron chi connectivity index (χ2n) is 5.19. The molecule has 124 valence electrons. The Bertz CT molecular complexity index is 735. The van der Waals surface area contributed by atoms with Gasteiger partial charge in [0.2, 0.25) is 0 Å². The van der Waals surface area contributed by atoms with Crippen molar-refractivity contribution in [2.75, 3.05) is 6.61 Å². The van der Waals surface area contributed by atoms with Gasteiger partial charge in [-0.3, -0.25) is 4.79 Å². The molecule has 0 fully saturated rings. The van der Waals surface area contributed by atoms with E-state index in [-0.39, 0.29) is 11.0 Å². The van der Waals surface area contributed by atoms with Crippen LogP contribution in [-0.2, 0) is 11.8 Å². The van der Waals surface area contributed by atoms with Crippen LogP contribution in [-0.4, -0.2) is 43.4 Å². The number of carbonyl (C=O) groups is 2. The molecule has 0 saturated carbocycles. The number of carbonyl (C=O) groups excluding carboxylic acids is 2. The number of thioether (sulfide) groups is 1. The van der Waals surface area contributed by atoms with Crippen LogP contribution in [0.15, 0.2) is 11.5 Å². The van der Waals surface area contributed by atoms with Crippen molar-refractivity contribution in [1.29, 1.82) is 0 Å². The summed E-state index contributed by atoms with van der Waals surface area (Å²) in [7, 11) is 1.82. The van der Waals surface area contributed by atoms with Gasteiger partial charge in [0.15, 0.2) is 10.9 Å². The van der Waals surface area contributed by atoms with Crippen molar-refractivity contribution >= 4 is 23.5 Å². The Morgan fingerprint density at radius 2 is 2.13 bits per heavy atom. The highest BCUT2D eigenvalue weighted by Crippen LogP contribution is 2.26. The molecule has 0 spiro atoms. The second-order valence-corrected chi connectivity index (χ2v) is 6.50. The average Bonchev–Trinajstić information content (AvgIpc) is 3.02. The molecule has 0 aliphatic carbocycles. The maximum absolute atomic E-state index is 12.7. The van der Waals surface area contributed by atoms with E-state index < -0.39 is 5.97 Å². The molecule has 8 heteroatoms. The highest BCUT2D eigenvalue weighted by molar-refractivity contribution is 8.00. The number of hydrogen-bond donors (Lipinski definition) is 1. The molecule has 7 nitrogen and oxygen atoms in total. The molecule has 2 aromatic rings. The molecule has 0 aliphatic heterocycles. The Labute approximate surface area is 138 Å². The van der Waals surface area contributed by atoms with E-state index in [0.29, 0.717) is 34.3 Å². The van der Waals surface area contributed by atoms with Crippen molar-refractivity contribution in [3.63, 3.8) is 0 Å². The van der Waals surface area contributed by atoms with Gasteiger partial charge in [0.05, 0.1) is 23.1 Å². The molecule has 1 N–H and O–H groups in total. The standard InChI is InChI=1S/C15H20N4O3S/c1-6-22-14(21)11-8(2)12(17-9(11)3)13(20)10(4)23-15-18-16-7-19(15)5/h7,10,17H,6H2,1-5H3/t10-/m0/s1. The molecule has 2 aromatic heterocycles. The molecule has 23 heavy (non-hydrogen) atoms. The van der Waals surface area contributed by atoms with E-state index in [1.165, 1.54) is 11.8 Å². The van der Waals surface area contributed by atoms with Crippen molar-refractivity contribution in [2.24, 2.45) is 7.05 Å². The molecule has 0 aromatic carbocycles. The fraction of sp³-hybridized carbons (Fsp3) is 0.467. The van der Waals surface area contributed by atoms with Gasteiger partial charge < -0.3 is 14.3 Å². The summed E-state index contributed by atoms with van der Waals surface area (Å²) in [4.78, 5) is 27.7. The Morgan fingerprint density at radius 3 is 2.70 bits per heavy atom. The van der Waals surface area contributed by atoms with Crippen LogP contribution in [0.4, 0.5) is 0 Å². The highest BCUT2D eigenvalue weighted by Gasteiger charge is 2.26. The van der Waals surface area contributed by atoms with E-state index in [0.717, 1.165) is 0 Å².